The topological polar surface area (TPSA) is 51.1 Å². The molecular weight excluding hydrogens is 336 g/mol. The summed E-state index contributed by atoms with van der Waals surface area (Å²) in [6.07, 6.45) is 1.95. The number of nitrogens with zero attached hydrogens (tertiary/aromatic N) is 2. The first-order chi connectivity index (χ1) is 12.2. The summed E-state index contributed by atoms with van der Waals surface area (Å²) in [7, 11) is 3.25. The summed E-state index contributed by atoms with van der Waals surface area (Å²) in [6.45, 7) is 3.60. The van der Waals surface area contributed by atoms with Gasteiger partial charge in [-0.15, -0.1) is 0 Å². The Balaban J connectivity index is 1.58. The predicted octanol–water partition coefficient (Wildman–Crippen LogP) is 2.04. The van der Waals surface area contributed by atoms with E-state index >= 15 is 0 Å². The van der Waals surface area contributed by atoms with Gasteiger partial charge in [-0.25, -0.2) is 4.98 Å². The van der Waals surface area contributed by atoms with Gasteiger partial charge in [-0.1, -0.05) is 6.07 Å². The number of aromatic amines is 1. The SMILES string of the molecule is COc1ccc(NC(=S)N2CCN(c3cccc[nH+]3)CC2)cc1OC. The number of rotatable bonds is 4. The fourth-order valence-electron chi connectivity index (χ4n) is 2.85. The van der Waals surface area contributed by atoms with Crippen LogP contribution in [0.2, 0.25) is 0 Å². The normalized spacial score (nSPS) is 14.2. The van der Waals surface area contributed by atoms with Crippen LogP contribution in [0.1, 0.15) is 0 Å². The van der Waals surface area contributed by atoms with Crippen LogP contribution in [0.25, 0.3) is 0 Å². The lowest BCUT2D eigenvalue weighted by atomic mass is 10.2. The maximum absolute atomic E-state index is 5.57. The van der Waals surface area contributed by atoms with Crippen LogP contribution in [0.4, 0.5) is 11.5 Å². The molecule has 2 heterocycles. The first-order valence-electron chi connectivity index (χ1n) is 8.21. The van der Waals surface area contributed by atoms with E-state index in [1.54, 1.807) is 14.2 Å². The van der Waals surface area contributed by atoms with Crippen molar-refractivity contribution in [2.24, 2.45) is 0 Å². The number of anilines is 2. The number of H-pyrrole nitrogens is 1. The van der Waals surface area contributed by atoms with Gasteiger partial charge in [0.1, 0.15) is 13.1 Å². The van der Waals surface area contributed by atoms with Gasteiger partial charge in [-0.3, -0.25) is 4.90 Å². The van der Waals surface area contributed by atoms with Crippen LogP contribution in [0.3, 0.4) is 0 Å². The van der Waals surface area contributed by atoms with Crippen LogP contribution >= 0.6 is 12.2 Å². The molecule has 7 heteroatoms. The molecule has 132 valence electrons. The highest BCUT2D eigenvalue weighted by Gasteiger charge is 2.24. The Kier molecular flexibility index (Phi) is 5.55. The van der Waals surface area contributed by atoms with Gasteiger partial charge in [0, 0.05) is 17.8 Å². The Labute approximate surface area is 153 Å². The molecule has 0 bridgehead atoms. The highest BCUT2D eigenvalue weighted by atomic mass is 32.1. The van der Waals surface area contributed by atoms with E-state index in [2.05, 4.69) is 26.2 Å². The van der Waals surface area contributed by atoms with E-state index in [-0.39, 0.29) is 0 Å². The quantitative estimate of drug-likeness (QED) is 0.843. The van der Waals surface area contributed by atoms with Gasteiger partial charge in [0.25, 0.3) is 5.82 Å². The van der Waals surface area contributed by atoms with Crippen LogP contribution in [0.15, 0.2) is 42.6 Å². The first-order valence-corrected chi connectivity index (χ1v) is 8.61. The van der Waals surface area contributed by atoms with E-state index < -0.39 is 0 Å². The molecule has 0 amide bonds. The minimum Gasteiger partial charge on any atom is -0.493 e. The summed E-state index contributed by atoms with van der Waals surface area (Å²) in [4.78, 5) is 7.79. The number of nitrogens with one attached hydrogen (secondary N) is 2. The standard InChI is InChI=1S/C18H22N4O2S/c1-23-15-7-6-14(13-16(15)24-2)20-18(25)22-11-9-21(10-12-22)17-5-3-4-8-19-17/h3-8,13H,9-12H2,1-2H3,(H,20,25)/p+1. The zero-order valence-electron chi connectivity index (χ0n) is 14.5. The largest absolute Gasteiger partial charge is 0.493 e. The summed E-state index contributed by atoms with van der Waals surface area (Å²) < 4.78 is 10.6. The van der Waals surface area contributed by atoms with E-state index in [9.17, 15) is 0 Å². The van der Waals surface area contributed by atoms with Gasteiger partial charge in [-0.2, -0.15) is 0 Å². The minimum atomic E-state index is 0.680. The summed E-state index contributed by atoms with van der Waals surface area (Å²) >= 11 is 5.57. The third-order valence-electron chi connectivity index (χ3n) is 4.24. The van der Waals surface area contributed by atoms with Crippen molar-refractivity contribution in [3.05, 3.63) is 42.6 Å². The zero-order chi connectivity index (χ0) is 17.6. The number of aromatic nitrogens is 1. The average Bonchev–Trinajstić information content (AvgIpc) is 2.68. The third-order valence-corrected chi connectivity index (χ3v) is 4.60. The van der Waals surface area contributed by atoms with Gasteiger partial charge in [0.05, 0.1) is 33.5 Å². The van der Waals surface area contributed by atoms with Crippen LogP contribution in [-0.2, 0) is 0 Å². The second-order valence-corrected chi connectivity index (χ2v) is 6.11. The molecule has 0 spiro atoms. The van der Waals surface area contributed by atoms with E-state index in [1.807, 2.05) is 36.5 Å². The molecule has 0 radical (unpaired) electrons. The molecule has 1 aromatic carbocycles. The molecule has 3 rings (SSSR count). The molecule has 0 aliphatic carbocycles. The molecule has 1 aromatic heterocycles. The number of piperazine rings is 1. The molecule has 0 unspecified atom stereocenters. The van der Waals surface area contributed by atoms with Crippen molar-refractivity contribution in [2.75, 3.05) is 50.6 Å². The number of hydrogen-bond donors (Lipinski definition) is 1. The summed E-state index contributed by atoms with van der Waals surface area (Å²) in [5.41, 5.74) is 0.890. The maximum Gasteiger partial charge on any atom is 0.274 e. The van der Waals surface area contributed by atoms with Gasteiger partial charge < -0.3 is 19.7 Å². The highest BCUT2D eigenvalue weighted by molar-refractivity contribution is 7.80. The molecule has 0 saturated carbocycles. The Hall–Kier alpha value is -2.54. The van der Waals surface area contributed by atoms with E-state index in [1.165, 1.54) is 0 Å². The predicted molar refractivity (Wildman–Crippen MR) is 103 cm³/mol. The van der Waals surface area contributed by atoms with E-state index in [0.717, 1.165) is 42.8 Å². The molecule has 2 N–H and O–H groups in total. The van der Waals surface area contributed by atoms with Crippen molar-refractivity contribution in [1.82, 2.24) is 4.90 Å². The van der Waals surface area contributed by atoms with Crippen molar-refractivity contribution in [3.8, 4) is 11.5 Å². The number of hydrogen-bond acceptors (Lipinski definition) is 4. The van der Waals surface area contributed by atoms with Crippen molar-refractivity contribution in [2.45, 2.75) is 0 Å². The minimum absolute atomic E-state index is 0.680. The summed E-state index contributed by atoms with van der Waals surface area (Å²) in [5, 5.41) is 4.01. The molecule has 0 atom stereocenters. The second-order valence-electron chi connectivity index (χ2n) is 5.72. The monoisotopic (exact) mass is 359 g/mol. The lowest BCUT2D eigenvalue weighted by molar-refractivity contribution is -0.364. The molecule has 6 nitrogen and oxygen atoms in total. The van der Waals surface area contributed by atoms with Gasteiger partial charge in [-0.05, 0) is 30.4 Å². The second kappa shape index (κ2) is 8.02. The molecule has 1 aliphatic heterocycles. The molecule has 1 aliphatic rings. The molecule has 25 heavy (non-hydrogen) atoms. The number of methoxy groups -OCH3 is 2. The fourth-order valence-corrected chi connectivity index (χ4v) is 3.15. The van der Waals surface area contributed by atoms with Crippen molar-refractivity contribution >= 4 is 28.8 Å². The Morgan fingerprint density at radius 2 is 1.80 bits per heavy atom. The van der Waals surface area contributed by atoms with Crippen molar-refractivity contribution < 1.29 is 14.5 Å². The first kappa shape index (κ1) is 17.3. The molecule has 2 aromatic rings. The fraction of sp³-hybridized carbons (Fsp3) is 0.333. The van der Waals surface area contributed by atoms with Crippen LogP contribution in [-0.4, -0.2) is 50.4 Å². The Bertz CT molecular complexity index is 718. The van der Waals surface area contributed by atoms with Crippen LogP contribution < -0.4 is 24.7 Å². The lowest BCUT2D eigenvalue weighted by Crippen LogP contribution is -2.51. The van der Waals surface area contributed by atoms with Crippen LogP contribution in [0, 0.1) is 0 Å². The number of benzene rings is 1. The number of thiocarbonyl (C=S) groups is 1. The lowest BCUT2D eigenvalue weighted by Gasteiger charge is -2.32. The maximum atomic E-state index is 5.57. The Morgan fingerprint density at radius 3 is 2.44 bits per heavy atom. The van der Waals surface area contributed by atoms with E-state index in [0.29, 0.717) is 11.5 Å². The zero-order valence-corrected chi connectivity index (χ0v) is 15.3. The van der Waals surface area contributed by atoms with Gasteiger partial charge in [0.15, 0.2) is 16.6 Å². The van der Waals surface area contributed by atoms with Gasteiger partial charge >= 0.3 is 0 Å². The molecule has 1 fully saturated rings. The van der Waals surface area contributed by atoms with E-state index in [4.69, 9.17) is 21.7 Å². The molecule has 1 saturated heterocycles. The average molecular weight is 359 g/mol. The smallest absolute Gasteiger partial charge is 0.274 e. The van der Waals surface area contributed by atoms with Crippen molar-refractivity contribution in [3.63, 3.8) is 0 Å². The Morgan fingerprint density at radius 1 is 1.04 bits per heavy atom. The summed E-state index contributed by atoms with van der Waals surface area (Å²) in [6, 6.07) is 11.8. The third kappa shape index (κ3) is 4.11. The van der Waals surface area contributed by atoms with Gasteiger partial charge in [0.2, 0.25) is 0 Å². The number of pyridine rings is 1. The van der Waals surface area contributed by atoms with Crippen LogP contribution in [0.5, 0.6) is 11.5 Å². The number of ether oxygens (including phenoxy) is 2. The summed E-state index contributed by atoms with van der Waals surface area (Å²) in [5.74, 6) is 2.52. The van der Waals surface area contributed by atoms with Crippen molar-refractivity contribution in [1.29, 1.82) is 0 Å². The molecular formula is C18H23N4O2S+. The highest BCUT2D eigenvalue weighted by Crippen LogP contribution is 2.29.